The number of aromatic nitrogens is 3. The molecule has 72 valence electrons. The van der Waals surface area contributed by atoms with Gasteiger partial charge in [-0.25, -0.2) is 4.68 Å². The summed E-state index contributed by atoms with van der Waals surface area (Å²) < 4.78 is 1.84. The summed E-state index contributed by atoms with van der Waals surface area (Å²) in [7, 11) is 0. The number of piperidine rings is 1. The zero-order valence-electron chi connectivity index (χ0n) is 7.48. The molecular formula is C8H14N4O. The summed E-state index contributed by atoms with van der Waals surface area (Å²) in [6.07, 6.45) is 4.14. The van der Waals surface area contributed by atoms with E-state index in [0.29, 0.717) is 11.7 Å². The van der Waals surface area contributed by atoms with Gasteiger partial charge in [-0.05, 0) is 19.4 Å². The van der Waals surface area contributed by atoms with Crippen LogP contribution in [0.15, 0.2) is 6.20 Å². The van der Waals surface area contributed by atoms with Crippen molar-refractivity contribution in [3.8, 4) is 0 Å². The predicted molar refractivity (Wildman–Crippen MR) is 47.1 cm³/mol. The Morgan fingerprint density at radius 1 is 1.69 bits per heavy atom. The first-order valence-corrected chi connectivity index (χ1v) is 4.62. The number of hydrogen-bond acceptors (Lipinski definition) is 4. The maximum Gasteiger partial charge on any atom is 0.108 e. The second-order valence-corrected chi connectivity index (χ2v) is 3.35. The van der Waals surface area contributed by atoms with Crippen LogP contribution in [0.1, 0.15) is 24.6 Å². The van der Waals surface area contributed by atoms with Gasteiger partial charge >= 0.3 is 0 Å². The Kier molecular flexibility index (Phi) is 2.56. The molecule has 0 amide bonds. The molecule has 1 aliphatic rings. The summed E-state index contributed by atoms with van der Waals surface area (Å²) in [6.45, 7) is 2.02. The summed E-state index contributed by atoms with van der Waals surface area (Å²) in [4.78, 5) is 0. The van der Waals surface area contributed by atoms with Gasteiger partial charge in [-0.2, -0.15) is 0 Å². The van der Waals surface area contributed by atoms with E-state index < -0.39 is 0 Å². The highest BCUT2D eigenvalue weighted by atomic mass is 16.3. The van der Waals surface area contributed by atoms with E-state index in [9.17, 15) is 0 Å². The lowest BCUT2D eigenvalue weighted by Crippen LogP contribution is -2.31. The van der Waals surface area contributed by atoms with Crippen molar-refractivity contribution < 1.29 is 5.11 Å². The number of rotatable bonds is 2. The van der Waals surface area contributed by atoms with Gasteiger partial charge in [0.1, 0.15) is 5.69 Å². The van der Waals surface area contributed by atoms with Gasteiger partial charge in [0.05, 0.1) is 18.8 Å². The van der Waals surface area contributed by atoms with Gasteiger partial charge in [0.2, 0.25) is 0 Å². The molecule has 1 aromatic rings. The first kappa shape index (κ1) is 8.65. The Hall–Kier alpha value is -0.940. The van der Waals surface area contributed by atoms with Crippen LogP contribution >= 0.6 is 0 Å². The lowest BCUT2D eigenvalue weighted by Gasteiger charge is -2.22. The number of aliphatic hydroxyl groups excluding tert-OH is 1. The number of nitrogens with zero attached hydrogens (tertiary/aromatic N) is 3. The maximum absolute atomic E-state index is 8.82. The van der Waals surface area contributed by atoms with Crippen molar-refractivity contribution in [2.75, 3.05) is 13.1 Å². The largest absolute Gasteiger partial charge is 0.390 e. The van der Waals surface area contributed by atoms with E-state index in [1.165, 1.54) is 6.42 Å². The molecule has 0 spiro atoms. The topological polar surface area (TPSA) is 63.0 Å². The Balaban J connectivity index is 2.05. The maximum atomic E-state index is 8.82. The standard InChI is InChI=1S/C8H14N4O/c13-6-7-5-12(11-10-7)8-2-1-3-9-4-8/h5,8-9,13H,1-4,6H2/t8-/m0/s1. The van der Waals surface area contributed by atoms with E-state index in [1.807, 2.05) is 10.9 Å². The van der Waals surface area contributed by atoms with Gasteiger partial charge in [-0.15, -0.1) is 5.10 Å². The fourth-order valence-electron chi connectivity index (χ4n) is 1.62. The lowest BCUT2D eigenvalue weighted by molar-refractivity contribution is 0.276. The van der Waals surface area contributed by atoms with E-state index >= 15 is 0 Å². The van der Waals surface area contributed by atoms with Crippen molar-refractivity contribution in [1.29, 1.82) is 0 Å². The molecule has 2 rings (SSSR count). The van der Waals surface area contributed by atoms with Crippen molar-refractivity contribution in [2.45, 2.75) is 25.5 Å². The average Bonchev–Trinajstić information content (AvgIpc) is 2.67. The third kappa shape index (κ3) is 1.87. The summed E-state index contributed by atoms with van der Waals surface area (Å²) in [5, 5.41) is 19.9. The molecule has 0 bridgehead atoms. The fourth-order valence-corrected chi connectivity index (χ4v) is 1.62. The zero-order chi connectivity index (χ0) is 9.10. The SMILES string of the molecule is OCc1cn([C@H]2CCCNC2)nn1. The molecule has 5 heteroatoms. The lowest BCUT2D eigenvalue weighted by atomic mass is 10.1. The monoisotopic (exact) mass is 182 g/mol. The van der Waals surface area contributed by atoms with E-state index in [2.05, 4.69) is 15.6 Å². The summed E-state index contributed by atoms with van der Waals surface area (Å²) in [5.74, 6) is 0. The number of nitrogens with one attached hydrogen (secondary N) is 1. The van der Waals surface area contributed by atoms with Crippen molar-refractivity contribution >= 4 is 0 Å². The molecule has 1 saturated heterocycles. The minimum Gasteiger partial charge on any atom is -0.390 e. The van der Waals surface area contributed by atoms with E-state index in [-0.39, 0.29) is 6.61 Å². The van der Waals surface area contributed by atoms with Crippen LogP contribution in [0.5, 0.6) is 0 Å². The predicted octanol–water partition coefficient (Wildman–Crippen LogP) is -0.305. The molecule has 0 unspecified atom stereocenters. The smallest absolute Gasteiger partial charge is 0.108 e. The summed E-state index contributed by atoms with van der Waals surface area (Å²) in [6, 6.07) is 0.404. The van der Waals surface area contributed by atoms with Crippen LogP contribution in [0.3, 0.4) is 0 Å². The van der Waals surface area contributed by atoms with Crippen molar-refractivity contribution in [3.05, 3.63) is 11.9 Å². The number of aliphatic hydroxyl groups is 1. The Morgan fingerprint density at radius 2 is 2.62 bits per heavy atom. The van der Waals surface area contributed by atoms with Gasteiger partial charge in [-0.3, -0.25) is 0 Å². The Labute approximate surface area is 76.8 Å². The minimum atomic E-state index is -0.0276. The van der Waals surface area contributed by atoms with E-state index in [1.54, 1.807) is 0 Å². The average molecular weight is 182 g/mol. The van der Waals surface area contributed by atoms with Gasteiger partial charge in [0, 0.05) is 6.54 Å². The Bertz CT molecular complexity index is 267. The molecule has 0 aromatic carbocycles. The van der Waals surface area contributed by atoms with Crippen LogP contribution in [0.25, 0.3) is 0 Å². The Morgan fingerprint density at radius 3 is 3.23 bits per heavy atom. The van der Waals surface area contributed by atoms with Gasteiger partial charge in [-0.1, -0.05) is 5.21 Å². The quantitative estimate of drug-likeness (QED) is 0.659. The van der Waals surface area contributed by atoms with Gasteiger partial charge in [0.25, 0.3) is 0 Å². The van der Waals surface area contributed by atoms with Crippen LogP contribution in [0.2, 0.25) is 0 Å². The third-order valence-electron chi connectivity index (χ3n) is 2.36. The van der Waals surface area contributed by atoms with Crippen LogP contribution in [0, 0.1) is 0 Å². The number of hydrogen-bond donors (Lipinski definition) is 2. The van der Waals surface area contributed by atoms with Crippen LogP contribution in [-0.2, 0) is 6.61 Å². The van der Waals surface area contributed by atoms with Crippen LogP contribution in [0.4, 0.5) is 0 Å². The van der Waals surface area contributed by atoms with Gasteiger partial charge < -0.3 is 10.4 Å². The highest BCUT2D eigenvalue weighted by molar-refractivity contribution is 4.91. The highest BCUT2D eigenvalue weighted by Crippen LogP contribution is 2.14. The van der Waals surface area contributed by atoms with E-state index in [0.717, 1.165) is 19.5 Å². The van der Waals surface area contributed by atoms with Crippen molar-refractivity contribution in [1.82, 2.24) is 20.3 Å². The van der Waals surface area contributed by atoms with Crippen LogP contribution in [-0.4, -0.2) is 33.2 Å². The fraction of sp³-hybridized carbons (Fsp3) is 0.750. The molecule has 1 atom stereocenters. The molecule has 0 saturated carbocycles. The first-order valence-electron chi connectivity index (χ1n) is 4.62. The highest BCUT2D eigenvalue weighted by Gasteiger charge is 2.15. The molecule has 1 aromatic heterocycles. The molecule has 2 N–H and O–H groups in total. The molecule has 5 nitrogen and oxygen atoms in total. The van der Waals surface area contributed by atoms with Gasteiger partial charge in [0.15, 0.2) is 0 Å². The molecule has 0 radical (unpaired) electrons. The molecule has 0 aliphatic carbocycles. The second kappa shape index (κ2) is 3.85. The zero-order valence-corrected chi connectivity index (χ0v) is 7.48. The minimum absolute atomic E-state index is 0.0276. The van der Waals surface area contributed by atoms with Crippen molar-refractivity contribution in [2.24, 2.45) is 0 Å². The second-order valence-electron chi connectivity index (χ2n) is 3.35. The summed E-state index contributed by atoms with van der Waals surface area (Å²) >= 11 is 0. The molecule has 1 aliphatic heterocycles. The summed E-state index contributed by atoms with van der Waals surface area (Å²) in [5.41, 5.74) is 0.644. The molecule has 1 fully saturated rings. The third-order valence-corrected chi connectivity index (χ3v) is 2.36. The van der Waals surface area contributed by atoms with Crippen LogP contribution < -0.4 is 5.32 Å². The molecule has 13 heavy (non-hydrogen) atoms. The van der Waals surface area contributed by atoms with E-state index in [4.69, 9.17) is 5.11 Å². The first-order chi connectivity index (χ1) is 6.40. The van der Waals surface area contributed by atoms with Crippen molar-refractivity contribution in [3.63, 3.8) is 0 Å². The normalized spacial score (nSPS) is 23.3. The molecular weight excluding hydrogens is 168 g/mol. The molecule has 2 heterocycles.